The maximum Gasteiger partial charge on any atom is 0.271 e. The van der Waals surface area contributed by atoms with Gasteiger partial charge in [-0.05, 0) is 31.5 Å². The van der Waals surface area contributed by atoms with Gasteiger partial charge in [0.05, 0.1) is 12.8 Å². The molecule has 1 aromatic heterocycles. The summed E-state index contributed by atoms with van der Waals surface area (Å²) in [5.74, 6) is 0.617. The molecule has 0 aliphatic heterocycles. The van der Waals surface area contributed by atoms with Crippen LogP contribution in [-0.4, -0.2) is 29.3 Å². The maximum atomic E-state index is 11.9. The van der Waals surface area contributed by atoms with Gasteiger partial charge in [0.25, 0.3) is 5.91 Å². The van der Waals surface area contributed by atoms with Gasteiger partial charge in [-0.3, -0.25) is 4.79 Å². The SMILES string of the molecule is CCCNC(=O)c1cc(C)n(-c2cccc(OC)c2)n1. The van der Waals surface area contributed by atoms with Crippen molar-refractivity contribution in [2.45, 2.75) is 20.3 Å². The van der Waals surface area contributed by atoms with E-state index in [-0.39, 0.29) is 5.91 Å². The molecule has 2 rings (SSSR count). The zero-order valence-electron chi connectivity index (χ0n) is 12.0. The second-order valence-electron chi connectivity index (χ2n) is 4.54. The summed E-state index contributed by atoms with van der Waals surface area (Å²) >= 11 is 0. The average Bonchev–Trinajstić information content (AvgIpc) is 2.87. The minimum atomic E-state index is -0.142. The number of aromatic nitrogens is 2. The first-order valence-electron chi connectivity index (χ1n) is 6.65. The Balaban J connectivity index is 2.29. The van der Waals surface area contributed by atoms with Crippen LogP contribution >= 0.6 is 0 Å². The van der Waals surface area contributed by atoms with Crippen LogP contribution in [0, 0.1) is 6.92 Å². The molecule has 106 valence electrons. The Kier molecular flexibility index (Phi) is 4.40. The Hall–Kier alpha value is -2.30. The Morgan fingerprint density at radius 3 is 2.90 bits per heavy atom. The Bertz CT molecular complexity index is 605. The van der Waals surface area contributed by atoms with Gasteiger partial charge in [-0.25, -0.2) is 4.68 Å². The number of nitrogens with zero attached hydrogens (tertiary/aromatic N) is 2. The fourth-order valence-corrected chi connectivity index (χ4v) is 1.92. The van der Waals surface area contributed by atoms with Crippen LogP contribution in [0.25, 0.3) is 5.69 Å². The van der Waals surface area contributed by atoms with Gasteiger partial charge in [-0.1, -0.05) is 13.0 Å². The van der Waals surface area contributed by atoms with Crippen molar-refractivity contribution in [3.05, 3.63) is 41.7 Å². The number of rotatable bonds is 5. The van der Waals surface area contributed by atoms with Gasteiger partial charge < -0.3 is 10.1 Å². The van der Waals surface area contributed by atoms with E-state index in [0.29, 0.717) is 12.2 Å². The van der Waals surface area contributed by atoms with Gasteiger partial charge in [-0.2, -0.15) is 5.10 Å². The summed E-state index contributed by atoms with van der Waals surface area (Å²) in [5, 5.41) is 7.18. The van der Waals surface area contributed by atoms with Gasteiger partial charge in [0.2, 0.25) is 0 Å². The molecule has 0 unspecified atom stereocenters. The number of hydrogen-bond acceptors (Lipinski definition) is 3. The van der Waals surface area contributed by atoms with E-state index >= 15 is 0 Å². The number of aryl methyl sites for hydroxylation is 1. The van der Waals surface area contributed by atoms with Crippen LogP contribution in [0.5, 0.6) is 5.75 Å². The highest BCUT2D eigenvalue weighted by Gasteiger charge is 2.12. The van der Waals surface area contributed by atoms with Gasteiger partial charge in [0.15, 0.2) is 5.69 Å². The molecule has 0 radical (unpaired) electrons. The number of carbonyl (C=O) groups excluding carboxylic acids is 1. The van der Waals surface area contributed by atoms with Crippen LogP contribution in [0.4, 0.5) is 0 Å². The third kappa shape index (κ3) is 2.99. The molecule has 20 heavy (non-hydrogen) atoms. The van der Waals surface area contributed by atoms with Gasteiger partial charge in [0, 0.05) is 18.3 Å². The predicted molar refractivity (Wildman–Crippen MR) is 77.5 cm³/mol. The third-order valence-corrected chi connectivity index (χ3v) is 2.95. The minimum absolute atomic E-state index is 0.142. The van der Waals surface area contributed by atoms with Crippen LogP contribution in [0.3, 0.4) is 0 Å². The highest BCUT2D eigenvalue weighted by atomic mass is 16.5. The number of ether oxygens (including phenoxy) is 1. The van der Waals surface area contributed by atoms with E-state index in [0.717, 1.165) is 23.6 Å². The van der Waals surface area contributed by atoms with Gasteiger partial charge >= 0.3 is 0 Å². The summed E-state index contributed by atoms with van der Waals surface area (Å²) < 4.78 is 6.94. The van der Waals surface area contributed by atoms with Crippen LogP contribution < -0.4 is 10.1 Å². The molecular weight excluding hydrogens is 254 g/mol. The fourth-order valence-electron chi connectivity index (χ4n) is 1.92. The maximum absolute atomic E-state index is 11.9. The standard InChI is InChI=1S/C15H19N3O2/c1-4-8-16-15(19)14-9-11(2)18(17-14)12-6-5-7-13(10-12)20-3/h5-7,9-10H,4,8H2,1-3H3,(H,16,19). The van der Waals surface area contributed by atoms with Gasteiger partial charge in [-0.15, -0.1) is 0 Å². The smallest absolute Gasteiger partial charge is 0.271 e. The van der Waals surface area contributed by atoms with E-state index in [4.69, 9.17) is 4.74 Å². The van der Waals surface area contributed by atoms with Crippen molar-refractivity contribution < 1.29 is 9.53 Å². The molecule has 0 spiro atoms. The lowest BCUT2D eigenvalue weighted by atomic mass is 10.3. The lowest BCUT2D eigenvalue weighted by molar-refractivity contribution is 0.0948. The van der Waals surface area contributed by atoms with Crippen molar-refractivity contribution in [3.8, 4) is 11.4 Å². The lowest BCUT2D eigenvalue weighted by Crippen LogP contribution is -2.24. The normalized spacial score (nSPS) is 10.3. The van der Waals surface area contributed by atoms with Crippen molar-refractivity contribution in [1.82, 2.24) is 15.1 Å². The molecule has 1 aromatic carbocycles. The Labute approximate surface area is 118 Å². The van der Waals surface area contributed by atoms with Crippen LogP contribution in [0.2, 0.25) is 0 Å². The fraction of sp³-hybridized carbons (Fsp3) is 0.333. The Morgan fingerprint density at radius 1 is 1.40 bits per heavy atom. The third-order valence-electron chi connectivity index (χ3n) is 2.95. The molecule has 5 heteroatoms. The number of methoxy groups -OCH3 is 1. The van der Waals surface area contributed by atoms with Crippen LogP contribution in [0.15, 0.2) is 30.3 Å². The molecule has 0 saturated carbocycles. The summed E-state index contributed by atoms with van der Waals surface area (Å²) in [6, 6.07) is 9.36. The number of hydrogen-bond donors (Lipinski definition) is 1. The monoisotopic (exact) mass is 273 g/mol. The molecular formula is C15H19N3O2. The van der Waals surface area contributed by atoms with Crippen molar-refractivity contribution >= 4 is 5.91 Å². The van der Waals surface area contributed by atoms with Gasteiger partial charge in [0.1, 0.15) is 5.75 Å². The summed E-state index contributed by atoms with van der Waals surface area (Å²) in [6.07, 6.45) is 0.904. The number of benzene rings is 1. The minimum Gasteiger partial charge on any atom is -0.497 e. The molecule has 0 aliphatic carbocycles. The largest absolute Gasteiger partial charge is 0.497 e. The van der Waals surface area contributed by atoms with Crippen molar-refractivity contribution in [3.63, 3.8) is 0 Å². The zero-order valence-corrected chi connectivity index (χ0v) is 12.0. The van der Waals surface area contributed by atoms with E-state index in [2.05, 4.69) is 10.4 Å². The molecule has 2 aromatic rings. The predicted octanol–water partition coefficient (Wildman–Crippen LogP) is 2.33. The topological polar surface area (TPSA) is 56.2 Å². The van der Waals surface area contributed by atoms with Crippen LogP contribution in [-0.2, 0) is 0 Å². The summed E-state index contributed by atoms with van der Waals surface area (Å²) in [6.45, 7) is 4.59. The first-order valence-corrected chi connectivity index (χ1v) is 6.65. The van der Waals surface area contributed by atoms with E-state index in [1.54, 1.807) is 17.9 Å². The van der Waals surface area contributed by atoms with E-state index in [1.165, 1.54) is 0 Å². The molecule has 0 atom stereocenters. The first kappa shape index (κ1) is 14.1. The molecule has 1 amide bonds. The molecule has 0 fully saturated rings. The van der Waals surface area contributed by atoms with E-state index in [1.807, 2.05) is 38.1 Å². The Morgan fingerprint density at radius 2 is 2.20 bits per heavy atom. The molecule has 0 saturated heterocycles. The molecule has 0 aliphatic rings. The average molecular weight is 273 g/mol. The molecule has 5 nitrogen and oxygen atoms in total. The van der Waals surface area contributed by atoms with E-state index < -0.39 is 0 Å². The highest BCUT2D eigenvalue weighted by molar-refractivity contribution is 5.92. The highest BCUT2D eigenvalue weighted by Crippen LogP contribution is 2.18. The molecule has 1 heterocycles. The zero-order chi connectivity index (χ0) is 14.5. The van der Waals surface area contributed by atoms with Crippen molar-refractivity contribution in [2.75, 3.05) is 13.7 Å². The first-order chi connectivity index (χ1) is 9.65. The molecule has 1 N–H and O–H groups in total. The number of nitrogens with one attached hydrogen (secondary N) is 1. The summed E-state index contributed by atoms with van der Waals surface area (Å²) in [4.78, 5) is 11.9. The summed E-state index contributed by atoms with van der Waals surface area (Å²) in [5.41, 5.74) is 2.20. The number of carbonyl (C=O) groups is 1. The summed E-state index contributed by atoms with van der Waals surface area (Å²) in [7, 11) is 1.62. The van der Waals surface area contributed by atoms with Crippen molar-refractivity contribution in [2.24, 2.45) is 0 Å². The molecule has 0 bridgehead atoms. The quantitative estimate of drug-likeness (QED) is 0.909. The number of amides is 1. The second-order valence-corrected chi connectivity index (χ2v) is 4.54. The second kappa shape index (κ2) is 6.23. The lowest BCUT2D eigenvalue weighted by Gasteiger charge is -2.06. The van der Waals surface area contributed by atoms with Crippen LogP contribution in [0.1, 0.15) is 29.5 Å². The van der Waals surface area contributed by atoms with Crippen molar-refractivity contribution in [1.29, 1.82) is 0 Å². The van der Waals surface area contributed by atoms with E-state index in [9.17, 15) is 4.79 Å².